The van der Waals surface area contributed by atoms with Gasteiger partial charge in [0.15, 0.2) is 11.9 Å². The molecular weight excluding hydrogens is 1330 g/mol. The number of likely N-dealkylation sites (tertiary alicyclic amines) is 1. The van der Waals surface area contributed by atoms with E-state index in [1.54, 1.807) is 34.0 Å². The summed E-state index contributed by atoms with van der Waals surface area (Å²) >= 11 is 5.54. The van der Waals surface area contributed by atoms with E-state index >= 15 is 0 Å². The molecule has 1 aliphatic heterocycles. The molecule has 13 atom stereocenters. The number of carboxylic acid groups (broad SMARTS) is 1. The van der Waals surface area contributed by atoms with Crippen LogP contribution in [0.2, 0.25) is 0 Å². The number of aromatic nitrogens is 4. The fourth-order valence-corrected chi connectivity index (χ4v) is 10.7. The quantitative estimate of drug-likeness (QED) is 0.0127. The van der Waals surface area contributed by atoms with Gasteiger partial charge in [0.25, 0.3) is 0 Å². The second kappa shape index (κ2) is 42.5. The van der Waals surface area contributed by atoms with Crippen molar-refractivity contribution in [1.29, 1.82) is 0 Å². The molecule has 1 fully saturated rings. The Morgan fingerprint density at radius 3 is 1.42 bits per heavy atom. The first kappa shape index (κ1) is 83.9. The molecular formula is C59H99N23O15S2. The van der Waals surface area contributed by atoms with Crippen LogP contribution in [0.3, 0.4) is 0 Å². The molecule has 1 saturated heterocycles. The number of nitrogens with two attached hydrogens (primary N) is 6. The van der Waals surface area contributed by atoms with E-state index < -0.39 is 180 Å². The fourth-order valence-electron chi connectivity index (χ4n) is 10.0. The Balaban J connectivity index is 1.94. The first-order valence-corrected chi connectivity index (χ1v) is 34.2. The summed E-state index contributed by atoms with van der Waals surface area (Å²) in [4.78, 5) is 202. The number of nitrogens with one attached hydrogen (secondary N) is 12. The van der Waals surface area contributed by atoms with Crippen molar-refractivity contribution >= 4 is 113 Å². The van der Waals surface area contributed by atoms with E-state index in [4.69, 9.17) is 34.4 Å². The number of hydrogen-bond donors (Lipinski definition) is 21. The monoisotopic (exact) mass is 1430 g/mol. The number of aliphatic imine (C=N–C) groups is 2. The van der Waals surface area contributed by atoms with Crippen LogP contribution in [0.4, 0.5) is 0 Å². The van der Waals surface area contributed by atoms with Crippen molar-refractivity contribution in [3.05, 3.63) is 36.4 Å². The maximum Gasteiger partial charge on any atom is 0.326 e. The normalized spacial score (nSPS) is 16.4. The zero-order chi connectivity index (χ0) is 74.2. The summed E-state index contributed by atoms with van der Waals surface area (Å²) in [5.41, 5.74) is 34.0. The van der Waals surface area contributed by atoms with Gasteiger partial charge in [-0.15, -0.1) is 0 Å². The average Bonchev–Trinajstić information content (AvgIpc) is 1.82. The molecule has 38 nitrogen and oxygen atoms in total. The molecule has 2 aromatic rings. The van der Waals surface area contributed by atoms with E-state index in [2.05, 4.69) is 95.7 Å². The predicted octanol–water partition coefficient (Wildman–Crippen LogP) is -7.06. The van der Waals surface area contributed by atoms with Crippen LogP contribution in [0.15, 0.2) is 35.0 Å². The number of hydrogen-bond acceptors (Lipinski definition) is 21. The van der Waals surface area contributed by atoms with Gasteiger partial charge in [0.05, 0.1) is 18.8 Å². The molecule has 0 bridgehead atoms. The summed E-state index contributed by atoms with van der Waals surface area (Å²) in [7, 11) is 0. The first-order valence-electron chi connectivity index (χ1n) is 32.1. The number of carbonyl (C=O) groups excluding carboxylic acids is 12. The highest BCUT2D eigenvalue weighted by Crippen LogP contribution is 2.21. The highest BCUT2D eigenvalue weighted by Gasteiger charge is 2.41. The minimum Gasteiger partial charge on any atom is -0.480 e. The number of imidazole rings is 2. The Morgan fingerprint density at radius 2 is 0.990 bits per heavy atom. The van der Waals surface area contributed by atoms with Gasteiger partial charge < -0.3 is 113 Å². The number of aliphatic hydroxyl groups is 1. The van der Waals surface area contributed by atoms with Gasteiger partial charge in [-0.1, -0.05) is 27.7 Å². The number of thiol groups is 1. The molecule has 3 heterocycles. The smallest absolute Gasteiger partial charge is 0.326 e. The maximum atomic E-state index is 14.7. The Hall–Kier alpha value is -9.31. The highest BCUT2D eigenvalue weighted by molar-refractivity contribution is 7.98. The molecule has 0 spiro atoms. The highest BCUT2D eigenvalue weighted by atomic mass is 32.2. The summed E-state index contributed by atoms with van der Waals surface area (Å²) in [6.07, 6.45) is 5.02. The van der Waals surface area contributed by atoms with Gasteiger partial charge in [-0.2, -0.15) is 24.4 Å². The van der Waals surface area contributed by atoms with E-state index in [-0.39, 0.29) is 88.7 Å². The Morgan fingerprint density at radius 1 is 0.576 bits per heavy atom. The van der Waals surface area contributed by atoms with E-state index in [0.717, 1.165) is 0 Å². The third-order valence-corrected chi connectivity index (χ3v) is 16.6. The number of nitrogens with zero attached hydrogens (tertiary/aromatic N) is 5. The van der Waals surface area contributed by atoms with Gasteiger partial charge >= 0.3 is 5.97 Å². The van der Waals surface area contributed by atoms with Gasteiger partial charge in [-0.3, -0.25) is 67.5 Å². The number of aliphatic carboxylic acids is 1. The molecule has 3 rings (SSSR count). The van der Waals surface area contributed by atoms with E-state index in [0.29, 0.717) is 23.6 Å². The minimum absolute atomic E-state index is 0.000433. The Labute approximate surface area is 582 Å². The van der Waals surface area contributed by atoms with Crippen LogP contribution in [0, 0.1) is 11.8 Å². The van der Waals surface area contributed by atoms with Gasteiger partial charge in [-0.25, -0.2) is 14.8 Å². The molecule has 0 aromatic carbocycles. The van der Waals surface area contributed by atoms with Crippen molar-refractivity contribution in [3.63, 3.8) is 0 Å². The van der Waals surface area contributed by atoms with Crippen molar-refractivity contribution < 1.29 is 72.5 Å². The largest absolute Gasteiger partial charge is 0.480 e. The van der Waals surface area contributed by atoms with E-state index in [9.17, 15) is 72.5 Å². The molecule has 0 unspecified atom stereocenters. The summed E-state index contributed by atoms with van der Waals surface area (Å²) in [6, 6.07) is -16.8. The topological polar surface area (TPSA) is 624 Å². The molecule has 40 heteroatoms. The van der Waals surface area contributed by atoms with Gasteiger partial charge in [0.2, 0.25) is 70.9 Å². The fraction of sp³-hybridized carbons (Fsp3) is 0.644. The minimum atomic E-state index is -1.66. The number of thioether (sulfide) groups is 1. The van der Waals surface area contributed by atoms with Crippen LogP contribution >= 0.6 is 24.4 Å². The molecule has 552 valence electrons. The Bertz CT molecular complexity index is 3100. The third kappa shape index (κ3) is 29.0. The molecule has 26 N–H and O–H groups in total. The number of carbonyl (C=O) groups is 13. The summed E-state index contributed by atoms with van der Waals surface area (Å²) < 4.78 is 0. The number of aliphatic hydroxyl groups excluding tert-OH is 1. The van der Waals surface area contributed by atoms with Crippen LogP contribution in [0.5, 0.6) is 0 Å². The molecule has 2 aromatic heterocycles. The number of aromatic amines is 2. The molecule has 0 radical (unpaired) electrons. The first-order chi connectivity index (χ1) is 46.7. The van der Waals surface area contributed by atoms with Crippen LogP contribution in [-0.2, 0) is 75.2 Å². The average molecular weight is 1430 g/mol. The summed E-state index contributed by atoms with van der Waals surface area (Å²) in [5, 5.41) is 45.4. The second-order valence-electron chi connectivity index (χ2n) is 24.3. The van der Waals surface area contributed by atoms with E-state index in [1.807, 2.05) is 0 Å². The lowest BCUT2D eigenvalue weighted by atomic mass is 10.00. The summed E-state index contributed by atoms with van der Waals surface area (Å²) in [6.45, 7) is 9.19. The lowest BCUT2D eigenvalue weighted by Gasteiger charge is -2.30. The van der Waals surface area contributed by atoms with Crippen LogP contribution in [0.25, 0.3) is 0 Å². The molecule has 0 saturated carbocycles. The zero-order valence-corrected chi connectivity index (χ0v) is 58.3. The second-order valence-corrected chi connectivity index (χ2v) is 25.7. The molecule has 1 aliphatic rings. The SMILES string of the molecule is CSCC[C@H](NC(=O)[C@H](CCCN=C(N)N)NC(=O)[C@@H](NC(=O)[C@H](Cc1cnc[nH]1)NC(=O)[C@H](CCC(N)=O)NC(=O)[C@H](Cc1cnc[nH]1)NC(=O)[C@H](CS)NC(=O)[C@H](C)NC(=O)[C@@H](N)[C@@H](C)O)C(C)C)C(=O)N[C@H](C(=O)N[C@@H](CCCN=C(N)N)C(=O)N1CCC[C@H]1C(=O)O)C(C)C. The third-order valence-electron chi connectivity index (χ3n) is 15.6. The number of H-pyrrole nitrogens is 2. The van der Waals surface area contributed by atoms with Gasteiger partial charge in [0, 0.05) is 68.4 Å². The van der Waals surface area contributed by atoms with Crippen LogP contribution in [0.1, 0.15) is 111 Å². The van der Waals surface area contributed by atoms with Crippen molar-refractivity contribution in [2.75, 3.05) is 37.4 Å². The summed E-state index contributed by atoms with van der Waals surface area (Å²) in [5.74, 6) is -13.7. The number of carboxylic acids is 1. The zero-order valence-electron chi connectivity index (χ0n) is 56.5. The van der Waals surface area contributed by atoms with Crippen molar-refractivity contribution in [1.82, 2.24) is 78.0 Å². The van der Waals surface area contributed by atoms with E-state index in [1.165, 1.54) is 55.6 Å². The lowest BCUT2D eigenvalue weighted by molar-refractivity contribution is -0.149. The van der Waals surface area contributed by atoms with Crippen molar-refractivity contribution in [3.8, 4) is 0 Å². The van der Waals surface area contributed by atoms with Crippen molar-refractivity contribution in [2.45, 2.75) is 191 Å². The number of primary amides is 1. The Kier molecular flexibility index (Phi) is 36.0. The van der Waals surface area contributed by atoms with Gasteiger partial charge in [-0.05, 0) is 89.1 Å². The molecule has 12 amide bonds. The lowest BCUT2D eigenvalue weighted by Crippen LogP contribution is -2.62. The molecule has 99 heavy (non-hydrogen) atoms. The van der Waals surface area contributed by atoms with Crippen molar-refractivity contribution in [2.24, 2.45) is 56.2 Å². The standard InChI is InChI=1S/C59H99N23O15S2/c1-28(2)44(54(93)75-34(11-8-17-68-58(62)63)47(86)74-36(16-20-99-7)49(88)80-45(29(3)4)55(94)76-37(12-9-18-69-59(64)65)56(95)82-19-10-13-41(82)57(96)97)81-51(90)39(22-33-24-67-27-71-33)77-48(87)35(14-15-42(60)84)73-50(89)38(21-32-23-66-26-70-32)78-52(91)40(25-98)79-46(85)30(5)72-53(92)43(61)31(6)83/h23-24,26-31,34-41,43-45,83,98H,8-22,25,61H2,1-7H3,(H2,60,84)(H,66,70)(H,67,71)(H,72,92)(H,73,89)(H,74,86)(H,75,93)(H,76,94)(H,77,87)(H,78,91)(H,79,85)(H,80,88)(H,81,90)(H,96,97)(H4,62,63,68)(H4,64,65,69)/t30-,31+,34-,35-,36-,37-,38-,39-,40-,41-,43-,44-,45-/m0/s1. The van der Waals surface area contributed by atoms with Gasteiger partial charge in [0.1, 0.15) is 72.5 Å². The van der Waals surface area contributed by atoms with Crippen LogP contribution < -0.4 is 87.6 Å². The number of rotatable bonds is 44. The maximum absolute atomic E-state index is 14.7. The van der Waals surface area contributed by atoms with Crippen LogP contribution in [-0.4, -0.2) is 240 Å². The number of guanidine groups is 2. The number of amides is 12. The predicted molar refractivity (Wildman–Crippen MR) is 366 cm³/mol. The molecule has 0 aliphatic carbocycles.